The molecular weight excluding hydrogens is 276 g/mol. The number of hydrogen-bond acceptors (Lipinski definition) is 5. The third-order valence-corrected chi connectivity index (χ3v) is 3.66. The SMILES string of the molecule is O=c1cc(Sc2ccc(O)cc2)oc2cc(O)ccc12. The Kier molecular flexibility index (Phi) is 3.12. The molecular formula is C15H10O4S. The quantitative estimate of drug-likeness (QED) is 0.756. The maximum Gasteiger partial charge on any atom is 0.193 e. The van der Waals surface area contributed by atoms with Gasteiger partial charge < -0.3 is 14.6 Å². The monoisotopic (exact) mass is 286 g/mol. The molecule has 3 aromatic rings. The van der Waals surface area contributed by atoms with Gasteiger partial charge in [0.05, 0.1) is 5.39 Å². The summed E-state index contributed by atoms with van der Waals surface area (Å²) in [5.41, 5.74) is 0.186. The van der Waals surface area contributed by atoms with E-state index < -0.39 is 0 Å². The maximum absolute atomic E-state index is 12.0. The van der Waals surface area contributed by atoms with Crippen molar-refractivity contribution in [2.45, 2.75) is 9.99 Å². The number of rotatable bonds is 2. The Morgan fingerprint density at radius 2 is 1.60 bits per heavy atom. The zero-order valence-electron chi connectivity index (χ0n) is 10.2. The minimum atomic E-state index is -0.160. The standard InChI is InChI=1S/C15H10O4S/c16-9-1-4-11(5-2-9)20-15-8-13(18)12-6-3-10(17)7-14(12)19-15/h1-8,16-17H. The van der Waals surface area contributed by atoms with Gasteiger partial charge in [0.15, 0.2) is 10.5 Å². The van der Waals surface area contributed by atoms with Crippen molar-refractivity contribution in [3.8, 4) is 11.5 Å². The first kappa shape index (κ1) is 12.6. The van der Waals surface area contributed by atoms with E-state index in [4.69, 9.17) is 4.42 Å². The Bertz CT molecular complexity index is 821. The fraction of sp³-hybridized carbons (Fsp3) is 0. The average molecular weight is 286 g/mol. The molecule has 0 amide bonds. The summed E-state index contributed by atoms with van der Waals surface area (Å²) < 4.78 is 5.60. The molecule has 0 atom stereocenters. The molecule has 0 unspecified atom stereocenters. The summed E-state index contributed by atoms with van der Waals surface area (Å²) >= 11 is 1.27. The predicted octanol–water partition coefficient (Wildman–Crippen LogP) is 3.36. The first-order valence-electron chi connectivity index (χ1n) is 5.85. The van der Waals surface area contributed by atoms with Crippen LogP contribution in [0.3, 0.4) is 0 Å². The molecule has 20 heavy (non-hydrogen) atoms. The molecule has 2 aromatic carbocycles. The van der Waals surface area contributed by atoms with Crippen LogP contribution in [0.2, 0.25) is 0 Å². The van der Waals surface area contributed by atoms with Gasteiger partial charge in [0, 0.05) is 17.0 Å². The van der Waals surface area contributed by atoms with Crippen LogP contribution in [0.25, 0.3) is 11.0 Å². The van der Waals surface area contributed by atoms with Crippen molar-refractivity contribution in [2.75, 3.05) is 0 Å². The summed E-state index contributed by atoms with van der Waals surface area (Å²) in [6, 6.07) is 12.4. The van der Waals surface area contributed by atoms with Crippen molar-refractivity contribution in [1.29, 1.82) is 0 Å². The van der Waals surface area contributed by atoms with Crippen LogP contribution >= 0.6 is 11.8 Å². The average Bonchev–Trinajstić information content (AvgIpc) is 2.41. The summed E-state index contributed by atoms with van der Waals surface area (Å²) in [4.78, 5) is 12.8. The molecule has 0 fully saturated rings. The highest BCUT2D eigenvalue weighted by atomic mass is 32.2. The molecule has 100 valence electrons. The fourth-order valence-corrected chi connectivity index (χ4v) is 2.60. The molecule has 1 heterocycles. The van der Waals surface area contributed by atoms with Gasteiger partial charge in [-0.2, -0.15) is 0 Å². The van der Waals surface area contributed by atoms with E-state index in [-0.39, 0.29) is 16.9 Å². The summed E-state index contributed by atoms with van der Waals surface area (Å²) in [6.45, 7) is 0. The normalized spacial score (nSPS) is 10.8. The van der Waals surface area contributed by atoms with Crippen LogP contribution in [0.15, 0.2) is 67.7 Å². The van der Waals surface area contributed by atoms with Crippen molar-refractivity contribution in [3.63, 3.8) is 0 Å². The molecule has 0 aliphatic carbocycles. The number of phenols is 2. The van der Waals surface area contributed by atoms with Crippen LogP contribution < -0.4 is 5.43 Å². The van der Waals surface area contributed by atoms with Crippen molar-refractivity contribution in [3.05, 3.63) is 58.8 Å². The molecule has 2 N–H and O–H groups in total. The number of benzene rings is 2. The van der Waals surface area contributed by atoms with Crippen molar-refractivity contribution in [2.24, 2.45) is 0 Å². The summed E-state index contributed by atoms with van der Waals surface area (Å²) in [6.07, 6.45) is 0. The zero-order valence-corrected chi connectivity index (χ0v) is 11.1. The highest BCUT2D eigenvalue weighted by Gasteiger charge is 2.07. The molecule has 0 saturated heterocycles. The number of hydrogen-bond donors (Lipinski definition) is 2. The van der Waals surface area contributed by atoms with E-state index in [2.05, 4.69) is 0 Å². The Balaban J connectivity index is 2.04. The van der Waals surface area contributed by atoms with Gasteiger partial charge in [-0.25, -0.2) is 0 Å². The van der Waals surface area contributed by atoms with Crippen LogP contribution in [0.1, 0.15) is 0 Å². The van der Waals surface area contributed by atoms with Crippen LogP contribution in [0.5, 0.6) is 11.5 Å². The van der Waals surface area contributed by atoms with Gasteiger partial charge in [0.2, 0.25) is 0 Å². The highest BCUT2D eigenvalue weighted by Crippen LogP contribution is 2.30. The molecule has 5 heteroatoms. The van der Waals surface area contributed by atoms with E-state index in [9.17, 15) is 15.0 Å². The van der Waals surface area contributed by atoms with E-state index in [0.717, 1.165) is 4.90 Å². The second-order valence-corrected chi connectivity index (χ2v) is 5.28. The molecule has 0 aliphatic heterocycles. The lowest BCUT2D eigenvalue weighted by atomic mass is 10.2. The summed E-state index contributed by atoms with van der Waals surface area (Å²) in [5.74, 6) is 0.228. The van der Waals surface area contributed by atoms with E-state index in [1.54, 1.807) is 24.3 Å². The lowest BCUT2D eigenvalue weighted by Crippen LogP contribution is -1.99. The molecule has 4 nitrogen and oxygen atoms in total. The molecule has 3 rings (SSSR count). The van der Waals surface area contributed by atoms with Crippen molar-refractivity contribution in [1.82, 2.24) is 0 Å². The molecule has 1 aromatic heterocycles. The second-order valence-electron chi connectivity index (χ2n) is 4.21. The van der Waals surface area contributed by atoms with Crippen LogP contribution in [0, 0.1) is 0 Å². The van der Waals surface area contributed by atoms with E-state index >= 15 is 0 Å². The molecule has 0 spiro atoms. The van der Waals surface area contributed by atoms with E-state index in [0.29, 0.717) is 16.1 Å². The van der Waals surface area contributed by atoms with Crippen LogP contribution in [-0.4, -0.2) is 10.2 Å². The largest absolute Gasteiger partial charge is 0.508 e. The molecule has 0 radical (unpaired) electrons. The second kappa shape index (κ2) is 4.94. The van der Waals surface area contributed by atoms with Gasteiger partial charge in [-0.1, -0.05) is 11.8 Å². The van der Waals surface area contributed by atoms with Gasteiger partial charge >= 0.3 is 0 Å². The topological polar surface area (TPSA) is 70.7 Å². The van der Waals surface area contributed by atoms with Gasteiger partial charge in [-0.15, -0.1) is 0 Å². The third-order valence-electron chi connectivity index (χ3n) is 2.75. The van der Waals surface area contributed by atoms with Gasteiger partial charge in [0.25, 0.3) is 0 Å². The Labute approximate surface area is 118 Å². The number of aromatic hydroxyl groups is 2. The smallest absolute Gasteiger partial charge is 0.193 e. The maximum atomic E-state index is 12.0. The summed E-state index contributed by atoms with van der Waals surface area (Å²) in [7, 11) is 0. The van der Waals surface area contributed by atoms with E-state index in [1.807, 2.05) is 0 Å². The number of phenolic OH excluding ortho intramolecular Hbond substituents is 2. The first-order valence-corrected chi connectivity index (χ1v) is 6.67. The molecule has 0 bridgehead atoms. The Morgan fingerprint density at radius 3 is 2.35 bits per heavy atom. The lowest BCUT2D eigenvalue weighted by Gasteiger charge is -2.03. The lowest BCUT2D eigenvalue weighted by molar-refractivity contribution is 0.467. The fourth-order valence-electron chi connectivity index (χ4n) is 1.80. The van der Waals surface area contributed by atoms with Crippen LogP contribution in [-0.2, 0) is 0 Å². The minimum Gasteiger partial charge on any atom is -0.508 e. The molecule has 0 aliphatic rings. The number of fused-ring (bicyclic) bond motifs is 1. The van der Waals surface area contributed by atoms with Crippen LogP contribution in [0.4, 0.5) is 0 Å². The minimum absolute atomic E-state index is 0.0485. The van der Waals surface area contributed by atoms with Crippen molar-refractivity contribution >= 4 is 22.7 Å². The molecule has 0 saturated carbocycles. The predicted molar refractivity (Wildman–Crippen MR) is 76.4 cm³/mol. The first-order chi connectivity index (χ1) is 9.61. The Hall–Kier alpha value is -2.40. The summed E-state index contributed by atoms with van der Waals surface area (Å²) in [5, 5.41) is 19.5. The third kappa shape index (κ3) is 2.48. The Morgan fingerprint density at radius 1 is 0.900 bits per heavy atom. The van der Waals surface area contributed by atoms with E-state index in [1.165, 1.54) is 36.0 Å². The van der Waals surface area contributed by atoms with Crippen molar-refractivity contribution < 1.29 is 14.6 Å². The van der Waals surface area contributed by atoms with Gasteiger partial charge in [-0.05, 0) is 36.4 Å². The van der Waals surface area contributed by atoms with Gasteiger partial charge in [0.1, 0.15) is 17.1 Å². The highest BCUT2D eigenvalue weighted by molar-refractivity contribution is 7.99. The zero-order chi connectivity index (χ0) is 14.1. The van der Waals surface area contributed by atoms with Gasteiger partial charge in [-0.3, -0.25) is 4.79 Å².